The Morgan fingerprint density at radius 1 is 1.10 bits per heavy atom. The lowest BCUT2D eigenvalue weighted by atomic mass is 10.1. The van der Waals surface area contributed by atoms with E-state index in [4.69, 9.17) is 0 Å². The van der Waals surface area contributed by atoms with Crippen LogP contribution in [-0.4, -0.2) is 12.2 Å². The molecule has 0 aliphatic rings. The van der Waals surface area contributed by atoms with Crippen molar-refractivity contribution in [2.75, 3.05) is 5.32 Å². The Balaban J connectivity index is 2.56. The summed E-state index contributed by atoms with van der Waals surface area (Å²) < 4.78 is 36.8. The van der Waals surface area contributed by atoms with Crippen LogP contribution in [0.5, 0.6) is 0 Å². The second-order valence-corrected chi connectivity index (χ2v) is 4.87. The van der Waals surface area contributed by atoms with Crippen molar-refractivity contribution in [3.8, 4) is 0 Å². The van der Waals surface area contributed by atoms with E-state index in [9.17, 15) is 13.2 Å². The Bertz CT molecular complexity index is 384. The molecule has 0 heterocycles. The van der Waals surface area contributed by atoms with Gasteiger partial charge in [-0.2, -0.15) is 13.2 Å². The summed E-state index contributed by atoms with van der Waals surface area (Å²) in [5.74, 6) is 0. The fourth-order valence-electron chi connectivity index (χ4n) is 1.98. The average Bonchev–Trinajstić information content (AvgIpc) is 2.41. The van der Waals surface area contributed by atoms with Gasteiger partial charge in [-0.3, -0.25) is 0 Å². The Morgan fingerprint density at radius 2 is 1.80 bits per heavy atom. The summed E-state index contributed by atoms with van der Waals surface area (Å²) >= 11 is 0. The van der Waals surface area contributed by atoms with E-state index in [1.54, 1.807) is 0 Å². The zero-order valence-corrected chi connectivity index (χ0v) is 11.8. The molecule has 1 aromatic rings. The minimum absolute atomic E-state index is 0.282. The lowest BCUT2D eigenvalue weighted by Crippen LogP contribution is -2.18. The van der Waals surface area contributed by atoms with E-state index in [-0.39, 0.29) is 6.04 Å². The molecular weight excluding hydrogens is 263 g/mol. The molecule has 0 bridgehead atoms. The van der Waals surface area contributed by atoms with E-state index >= 15 is 0 Å². The van der Waals surface area contributed by atoms with Crippen molar-refractivity contribution in [1.29, 1.82) is 0 Å². The van der Waals surface area contributed by atoms with Crippen molar-refractivity contribution in [3.63, 3.8) is 0 Å². The third kappa shape index (κ3) is 7.87. The van der Waals surface area contributed by atoms with Gasteiger partial charge in [0, 0.05) is 17.8 Å². The van der Waals surface area contributed by atoms with Gasteiger partial charge in [0.15, 0.2) is 0 Å². The third-order valence-corrected chi connectivity index (χ3v) is 3.01. The van der Waals surface area contributed by atoms with Gasteiger partial charge in [-0.05, 0) is 18.6 Å². The normalized spacial score (nSPS) is 13.6. The molecule has 20 heavy (non-hydrogen) atoms. The minimum atomic E-state index is -4.25. The van der Waals surface area contributed by atoms with E-state index in [0.717, 1.165) is 31.4 Å². The number of anilines is 1. The number of nitrogens with one attached hydrogen (secondary N) is 1. The first-order valence-corrected chi connectivity index (χ1v) is 7.09. The van der Waals surface area contributed by atoms with Crippen molar-refractivity contribution in [2.24, 2.45) is 0 Å². The number of hydrogen-bond acceptors (Lipinski definition) is 1. The Kier molecular flexibility index (Phi) is 7.20. The van der Waals surface area contributed by atoms with Crippen LogP contribution in [0, 0.1) is 0 Å². The second kappa shape index (κ2) is 8.67. The lowest BCUT2D eigenvalue weighted by molar-refractivity contribution is -0.0800. The molecule has 1 N–H and O–H groups in total. The molecule has 0 amide bonds. The zero-order valence-electron chi connectivity index (χ0n) is 11.8. The first kappa shape index (κ1) is 16.6. The summed E-state index contributed by atoms with van der Waals surface area (Å²) in [6.07, 6.45) is 2.24. The number of hydrogen-bond donors (Lipinski definition) is 1. The van der Waals surface area contributed by atoms with Crippen LogP contribution in [0.25, 0.3) is 0 Å². The van der Waals surface area contributed by atoms with Crippen LogP contribution in [0.1, 0.15) is 39.0 Å². The quantitative estimate of drug-likeness (QED) is 0.487. The molecule has 0 aliphatic heterocycles. The monoisotopic (exact) mass is 285 g/mol. The summed E-state index contributed by atoms with van der Waals surface area (Å²) in [6, 6.07) is 9.05. The van der Waals surface area contributed by atoms with Gasteiger partial charge in [-0.1, -0.05) is 56.9 Å². The minimum Gasteiger partial charge on any atom is -0.379 e. The molecule has 1 atom stereocenters. The molecule has 0 aliphatic carbocycles. The molecule has 1 unspecified atom stereocenters. The molecule has 0 saturated carbocycles. The number of para-hydroxylation sites is 1. The maximum atomic E-state index is 12.3. The van der Waals surface area contributed by atoms with Crippen LogP contribution >= 0.6 is 0 Å². The molecule has 1 aromatic carbocycles. The zero-order chi connectivity index (χ0) is 14.8. The second-order valence-electron chi connectivity index (χ2n) is 4.87. The summed E-state index contributed by atoms with van der Waals surface area (Å²) in [6.45, 7) is 2.11. The highest BCUT2D eigenvalue weighted by atomic mass is 19.4. The number of alkyl halides is 3. The standard InChI is InChI=1S/C16H22F3N/c1-2-3-4-6-11-15(12-13-16(17,18)19)20-14-9-7-5-8-10-14/h5,7-10,12-13,15,20H,2-4,6,11H2,1H3/b13-12+. The fourth-order valence-corrected chi connectivity index (χ4v) is 1.98. The lowest BCUT2D eigenvalue weighted by Gasteiger charge is -2.17. The van der Waals surface area contributed by atoms with Gasteiger partial charge in [0.1, 0.15) is 0 Å². The van der Waals surface area contributed by atoms with Crippen molar-refractivity contribution in [1.82, 2.24) is 0 Å². The summed E-state index contributed by atoms with van der Waals surface area (Å²) in [4.78, 5) is 0. The Morgan fingerprint density at radius 3 is 2.40 bits per heavy atom. The molecule has 4 heteroatoms. The molecule has 1 rings (SSSR count). The molecule has 0 spiro atoms. The van der Waals surface area contributed by atoms with E-state index < -0.39 is 6.18 Å². The molecular formula is C16H22F3N. The third-order valence-electron chi connectivity index (χ3n) is 3.01. The van der Waals surface area contributed by atoms with Gasteiger partial charge >= 0.3 is 6.18 Å². The number of unbranched alkanes of at least 4 members (excludes halogenated alkanes) is 3. The van der Waals surface area contributed by atoms with E-state index in [1.165, 1.54) is 6.08 Å². The topological polar surface area (TPSA) is 12.0 Å². The van der Waals surface area contributed by atoms with Crippen LogP contribution in [-0.2, 0) is 0 Å². The first-order valence-electron chi connectivity index (χ1n) is 7.09. The Labute approximate surface area is 118 Å². The summed E-state index contributed by atoms with van der Waals surface area (Å²) in [7, 11) is 0. The molecule has 0 aromatic heterocycles. The van der Waals surface area contributed by atoms with Gasteiger partial charge in [-0.15, -0.1) is 0 Å². The maximum Gasteiger partial charge on any atom is 0.409 e. The molecule has 0 radical (unpaired) electrons. The summed E-state index contributed by atoms with van der Waals surface area (Å²) in [5.41, 5.74) is 0.847. The van der Waals surface area contributed by atoms with Gasteiger partial charge in [0.05, 0.1) is 0 Å². The predicted octanol–water partition coefficient (Wildman–Crippen LogP) is 5.56. The molecule has 0 saturated heterocycles. The highest BCUT2D eigenvalue weighted by Gasteiger charge is 2.22. The maximum absolute atomic E-state index is 12.3. The number of allylic oxidation sites excluding steroid dienone is 1. The van der Waals surface area contributed by atoms with Gasteiger partial charge in [-0.25, -0.2) is 0 Å². The van der Waals surface area contributed by atoms with E-state index in [2.05, 4.69) is 12.2 Å². The molecule has 0 fully saturated rings. The van der Waals surface area contributed by atoms with Gasteiger partial charge in [0.25, 0.3) is 0 Å². The largest absolute Gasteiger partial charge is 0.409 e. The predicted molar refractivity (Wildman–Crippen MR) is 77.8 cm³/mol. The van der Waals surface area contributed by atoms with Crippen molar-refractivity contribution in [2.45, 2.75) is 51.2 Å². The smallest absolute Gasteiger partial charge is 0.379 e. The number of rotatable bonds is 8. The van der Waals surface area contributed by atoms with Crippen LogP contribution in [0.3, 0.4) is 0 Å². The highest BCUT2D eigenvalue weighted by molar-refractivity contribution is 5.44. The van der Waals surface area contributed by atoms with Crippen LogP contribution in [0.4, 0.5) is 18.9 Å². The highest BCUT2D eigenvalue weighted by Crippen LogP contribution is 2.19. The van der Waals surface area contributed by atoms with E-state index in [0.29, 0.717) is 12.5 Å². The van der Waals surface area contributed by atoms with Crippen LogP contribution < -0.4 is 5.32 Å². The average molecular weight is 285 g/mol. The van der Waals surface area contributed by atoms with Crippen molar-refractivity contribution in [3.05, 3.63) is 42.5 Å². The van der Waals surface area contributed by atoms with Crippen molar-refractivity contribution >= 4 is 5.69 Å². The fraction of sp³-hybridized carbons (Fsp3) is 0.500. The number of benzene rings is 1. The van der Waals surface area contributed by atoms with Crippen molar-refractivity contribution < 1.29 is 13.2 Å². The first-order chi connectivity index (χ1) is 9.51. The van der Waals surface area contributed by atoms with Crippen LogP contribution in [0.2, 0.25) is 0 Å². The molecule has 1 nitrogen and oxygen atoms in total. The van der Waals surface area contributed by atoms with Crippen LogP contribution in [0.15, 0.2) is 42.5 Å². The SMILES string of the molecule is CCCCCCC(/C=C/C(F)(F)F)Nc1ccccc1. The molecule has 112 valence electrons. The summed E-state index contributed by atoms with van der Waals surface area (Å²) in [5, 5.41) is 3.14. The Hall–Kier alpha value is -1.45. The van der Waals surface area contributed by atoms with Gasteiger partial charge < -0.3 is 5.32 Å². The number of halogens is 3. The van der Waals surface area contributed by atoms with E-state index in [1.807, 2.05) is 30.3 Å². The van der Waals surface area contributed by atoms with Gasteiger partial charge in [0.2, 0.25) is 0 Å².